The van der Waals surface area contributed by atoms with Crippen LogP contribution in [-0.2, 0) is 21.0 Å². The van der Waals surface area contributed by atoms with E-state index in [1.54, 1.807) is 29.5 Å². The van der Waals surface area contributed by atoms with Gasteiger partial charge in [-0.1, -0.05) is 11.6 Å². The average molecular weight is 348 g/mol. The van der Waals surface area contributed by atoms with Crippen molar-refractivity contribution >= 4 is 44.3 Å². The lowest BCUT2D eigenvalue weighted by Crippen LogP contribution is -2.00. The summed E-state index contributed by atoms with van der Waals surface area (Å²) in [6.07, 6.45) is 6.33. The van der Waals surface area contributed by atoms with Crippen LogP contribution in [0.1, 0.15) is 15.2 Å². The summed E-state index contributed by atoms with van der Waals surface area (Å²) < 4.78 is 22.5. The van der Waals surface area contributed by atoms with Crippen molar-refractivity contribution in [2.24, 2.45) is 4.36 Å². The lowest BCUT2D eigenvalue weighted by Gasteiger charge is -1.98. The predicted octanol–water partition coefficient (Wildman–Crippen LogP) is 2.79. The molecule has 2 aromatic heterocycles. The minimum absolute atomic E-state index is 0.399. The Balaban J connectivity index is 2.21. The van der Waals surface area contributed by atoms with Gasteiger partial charge in [0.1, 0.15) is 10.6 Å². The maximum absolute atomic E-state index is 11.6. The molecular weight excluding hydrogens is 334 g/mol. The number of hydrogen-bond donors (Lipinski definition) is 0. The van der Waals surface area contributed by atoms with Crippen LogP contribution >= 0.6 is 22.9 Å². The van der Waals surface area contributed by atoms with Crippen LogP contribution in [0, 0.1) is 0 Å². The number of esters is 1. The van der Waals surface area contributed by atoms with Gasteiger partial charge in [0.05, 0.1) is 30.4 Å². The van der Waals surface area contributed by atoms with Crippen molar-refractivity contribution in [1.29, 1.82) is 0 Å². The SMILES string of the molecule is COC(=O)c1cc(Cn2cc(N=S(C)(C)=O)cn2)c(Cl)s1. The van der Waals surface area contributed by atoms with Crippen molar-refractivity contribution in [1.82, 2.24) is 9.78 Å². The number of nitrogens with zero attached hydrogens (tertiary/aromatic N) is 3. The summed E-state index contributed by atoms with van der Waals surface area (Å²) >= 11 is 7.27. The fourth-order valence-corrected chi connectivity index (χ4v) is 3.41. The van der Waals surface area contributed by atoms with Gasteiger partial charge in [-0.15, -0.1) is 11.3 Å². The van der Waals surface area contributed by atoms with Gasteiger partial charge in [-0.3, -0.25) is 4.68 Å². The number of thiophene rings is 1. The number of aromatic nitrogens is 2. The van der Waals surface area contributed by atoms with Gasteiger partial charge in [0.2, 0.25) is 0 Å². The molecule has 0 bridgehead atoms. The third-order valence-corrected chi connectivity index (χ3v) is 4.49. The highest BCUT2D eigenvalue weighted by Crippen LogP contribution is 2.29. The fourth-order valence-electron chi connectivity index (χ4n) is 1.63. The van der Waals surface area contributed by atoms with Gasteiger partial charge in [0.25, 0.3) is 0 Å². The third-order valence-electron chi connectivity index (χ3n) is 2.42. The van der Waals surface area contributed by atoms with Crippen molar-refractivity contribution < 1.29 is 13.7 Å². The van der Waals surface area contributed by atoms with Gasteiger partial charge in [-0.05, 0) is 6.07 Å². The zero-order valence-corrected chi connectivity index (χ0v) is 14.1. The van der Waals surface area contributed by atoms with Gasteiger partial charge in [0, 0.05) is 27.8 Å². The Bertz CT molecular complexity index is 780. The number of ether oxygens (including phenoxy) is 1. The van der Waals surface area contributed by atoms with E-state index < -0.39 is 15.7 Å². The Labute approximate surface area is 131 Å². The normalized spacial score (nSPS) is 11.4. The Kier molecular flexibility index (Phi) is 4.70. The quantitative estimate of drug-likeness (QED) is 0.797. The highest BCUT2D eigenvalue weighted by atomic mass is 35.5. The number of carbonyl (C=O) groups is 1. The highest BCUT2D eigenvalue weighted by molar-refractivity contribution is 7.92. The van der Waals surface area contributed by atoms with Crippen LogP contribution in [0.15, 0.2) is 22.8 Å². The summed E-state index contributed by atoms with van der Waals surface area (Å²) in [6.45, 7) is 0.399. The van der Waals surface area contributed by atoms with Crippen molar-refractivity contribution in [2.75, 3.05) is 19.6 Å². The summed E-state index contributed by atoms with van der Waals surface area (Å²) in [5.74, 6) is -0.416. The number of methoxy groups -OCH3 is 1. The molecule has 0 amide bonds. The Morgan fingerprint density at radius 1 is 1.57 bits per heavy atom. The molecule has 0 saturated heterocycles. The van der Waals surface area contributed by atoms with Crippen molar-refractivity contribution in [3.63, 3.8) is 0 Å². The molecule has 0 aliphatic rings. The smallest absolute Gasteiger partial charge is 0.348 e. The predicted molar refractivity (Wildman–Crippen MR) is 84.1 cm³/mol. The monoisotopic (exact) mass is 347 g/mol. The average Bonchev–Trinajstić information content (AvgIpc) is 2.95. The Morgan fingerprint density at radius 2 is 2.29 bits per heavy atom. The first-order valence-electron chi connectivity index (χ1n) is 5.84. The molecule has 0 atom stereocenters. The lowest BCUT2D eigenvalue weighted by molar-refractivity contribution is 0.0606. The van der Waals surface area contributed by atoms with Gasteiger partial charge >= 0.3 is 5.97 Å². The van der Waals surface area contributed by atoms with Gasteiger partial charge in [-0.25, -0.2) is 9.00 Å². The van der Waals surface area contributed by atoms with E-state index in [1.165, 1.54) is 13.3 Å². The van der Waals surface area contributed by atoms with Gasteiger partial charge < -0.3 is 4.74 Å². The molecule has 6 nitrogen and oxygen atoms in total. The minimum atomic E-state index is -2.22. The molecule has 0 aliphatic heterocycles. The lowest BCUT2D eigenvalue weighted by atomic mass is 10.3. The highest BCUT2D eigenvalue weighted by Gasteiger charge is 2.14. The van der Waals surface area contributed by atoms with Crippen LogP contribution in [0.4, 0.5) is 5.69 Å². The molecule has 0 radical (unpaired) electrons. The summed E-state index contributed by atoms with van der Waals surface area (Å²) in [6, 6.07) is 1.68. The molecule has 21 heavy (non-hydrogen) atoms. The van der Waals surface area contributed by atoms with E-state index in [0.717, 1.165) is 16.9 Å². The number of carbonyl (C=O) groups excluding carboxylic acids is 1. The third kappa shape index (κ3) is 4.29. The van der Waals surface area contributed by atoms with Gasteiger partial charge in [0.15, 0.2) is 0 Å². The summed E-state index contributed by atoms with van der Waals surface area (Å²) in [5.41, 5.74) is 1.31. The van der Waals surface area contributed by atoms with Crippen molar-refractivity contribution in [3.05, 3.63) is 33.2 Å². The largest absolute Gasteiger partial charge is 0.465 e. The molecule has 2 heterocycles. The van der Waals surface area contributed by atoms with Crippen LogP contribution in [0.25, 0.3) is 0 Å². The van der Waals surface area contributed by atoms with Crippen LogP contribution in [-0.4, -0.2) is 39.6 Å². The molecule has 0 N–H and O–H groups in total. The van der Waals surface area contributed by atoms with Crippen molar-refractivity contribution in [2.45, 2.75) is 6.54 Å². The van der Waals surface area contributed by atoms with Crippen molar-refractivity contribution in [3.8, 4) is 0 Å². The van der Waals surface area contributed by atoms with E-state index in [-0.39, 0.29) is 0 Å². The Morgan fingerprint density at radius 3 is 2.90 bits per heavy atom. The molecule has 0 saturated carbocycles. The molecule has 0 fully saturated rings. The van der Waals surface area contributed by atoms with E-state index in [1.807, 2.05) is 0 Å². The summed E-state index contributed by atoms with van der Waals surface area (Å²) in [5, 5.41) is 4.14. The number of rotatable bonds is 4. The summed E-state index contributed by atoms with van der Waals surface area (Å²) in [7, 11) is -0.896. The molecule has 0 unspecified atom stereocenters. The first kappa shape index (κ1) is 16.0. The second kappa shape index (κ2) is 6.17. The molecule has 0 aromatic carbocycles. The van der Waals surface area contributed by atoms with E-state index in [4.69, 9.17) is 11.6 Å². The minimum Gasteiger partial charge on any atom is -0.465 e. The standard InChI is InChI=1S/C12H14ClN3O3S2/c1-19-12(17)10-4-8(11(13)20-10)6-16-7-9(5-14-16)15-21(2,3)18/h4-5,7H,6H2,1-3H3. The topological polar surface area (TPSA) is 73.6 Å². The molecule has 2 rings (SSSR count). The molecule has 0 aliphatic carbocycles. The summed E-state index contributed by atoms with van der Waals surface area (Å²) in [4.78, 5) is 11.9. The number of hydrogen-bond acceptors (Lipinski definition) is 6. The fraction of sp³-hybridized carbons (Fsp3) is 0.333. The van der Waals surface area contributed by atoms with Crippen LogP contribution in [0.3, 0.4) is 0 Å². The van der Waals surface area contributed by atoms with Crippen LogP contribution in [0.5, 0.6) is 0 Å². The molecular formula is C12H14ClN3O3S2. The number of halogens is 1. The van der Waals surface area contributed by atoms with Gasteiger partial charge in [-0.2, -0.15) is 9.46 Å². The first-order valence-corrected chi connectivity index (χ1v) is 9.37. The second-order valence-corrected chi connectivity index (χ2v) is 8.77. The van der Waals surface area contributed by atoms with E-state index in [9.17, 15) is 9.00 Å². The maximum Gasteiger partial charge on any atom is 0.348 e. The molecule has 0 spiro atoms. The van der Waals surface area contributed by atoms with E-state index in [0.29, 0.717) is 21.4 Å². The van der Waals surface area contributed by atoms with Crippen LogP contribution in [0.2, 0.25) is 4.34 Å². The maximum atomic E-state index is 11.6. The zero-order chi connectivity index (χ0) is 15.6. The zero-order valence-electron chi connectivity index (χ0n) is 11.7. The second-order valence-electron chi connectivity index (χ2n) is 4.57. The first-order chi connectivity index (χ1) is 9.78. The van der Waals surface area contributed by atoms with E-state index >= 15 is 0 Å². The van der Waals surface area contributed by atoms with E-state index in [2.05, 4.69) is 14.2 Å². The molecule has 9 heteroatoms. The Hall–Kier alpha value is -1.38. The van der Waals surface area contributed by atoms with Crippen LogP contribution < -0.4 is 0 Å². The molecule has 2 aromatic rings. The molecule has 114 valence electrons.